The minimum Gasteiger partial charge on any atom is -0.271 e. The molecule has 0 saturated heterocycles. The molecule has 3 rings (SSSR count). The van der Waals surface area contributed by atoms with Crippen molar-refractivity contribution in [3.8, 4) is 5.69 Å². The van der Waals surface area contributed by atoms with Gasteiger partial charge in [0.1, 0.15) is 0 Å². The van der Waals surface area contributed by atoms with Gasteiger partial charge >= 0.3 is 0 Å². The van der Waals surface area contributed by atoms with Crippen LogP contribution in [0.5, 0.6) is 0 Å². The number of aromatic nitrogens is 3. The van der Waals surface area contributed by atoms with E-state index in [9.17, 15) is 0 Å². The molecule has 0 aliphatic heterocycles. The Morgan fingerprint density at radius 1 is 1.00 bits per heavy atom. The first kappa shape index (κ1) is 12.5. The predicted molar refractivity (Wildman–Crippen MR) is 77.0 cm³/mol. The molecule has 5 nitrogen and oxygen atoms in total. The second kappa shape index (κ2) is 5.64. The van der Waals surface area contributed by atoms with E-state index in [-0.39, 0.29) is 6.04 Å². The van der Waals surface area contributed by atoms with Gasteiger partial charge < -0.3 is 0 Å². The third kappa shape index (κ3) is 2.45. The number of hydrogen-bond donors (Lipinski definition) is 2. The average Bonchev–Trinajstić information content (AvgIpc) is 3.00. The highest BCUT2D eigenvalue weighted by molar-refractivity contribution is 5.33. The molecule has 0 aliphatic carbocycles. The van der Waals surface area contributed by atoms with Gasteiger partial charge in [-0.2, -0.15) is 5.10 Å². The van der Waals surface area contributed by atoms with E-state index < -0.39 is 0 Å². The SMILES string of the molecule is NNC(c1cccnc1)c1cnn(-c2ccccc2)c1. The van der Waals surface area contributed by atoms with Crippen LogP contribution in [-0.4, -0.2) is 14.8 Å². The Hall–Kier alpha value is -2.50. The van der Waals surface area contributed by atoms with Gasteiger partial charge in [0.25, 0.3) is 0 Å². The summed E-state index contributed by atoms with van der Waals surface area (Å²) in [6, 6.07) is 13.7. The van der Waals surface area contributed by atoms with Crippen LogP contribution in [-0.2, 0) is 0 Å². The first-order valence-corrected chi connectivity index (χ1v) is 6.34. The van der Waals surface area contributed by atoms with Gasteiger partial charge in [-0.1, -0.05) is 24.3 Å². The van der Waals surface area contributed by atoms with E-state index in [0.717, 1.165) is 16.8 Å². The van der Waals surface area contributed by atoms with E-state index in [4.69, 9.17) is 5.84 Å². The topological polar surface area (TPSA) is 68.8 Å². The lowest BCUT2D eigenvalue weighted by atomic mass is 10.0. The Morgan fingerprint density at radius 2 is 1.85 bits per heavy atom. The van der Waals surface area contributed by atoms with Crippen LogP contribution in [0, 0.1) is 0 Å². The zero-order valence-electron chi connectivity index (χ0n) is 10.8. The number of benzene rings is 1. The van der Waals surface area contributed by atoms with E-state index in [2.05, 4.69) is 15.5 Å². The molecule has 0 bridgehead atoms. The minimum atomic E-state index is -0.124. The standard InChI is InChI=1S/C15H15N5/c16-19-15(12-5-4-8-17-9-12)13-10-18-20(11-13)14-6-2-1-3-7-14/h1-11,15,19H,16H2. The molecule has 2 aromatic heterocycles. The maximum atomic E-state index is 5.67. The van der Waals surface area contributed by atoms with Gasteiger partial charge in [-0.05, 0) is 23.8 Å². The fraction of sp³-hybridized carbons (Fsp3) is 0.0667. The summed E-state index contributed by atoms with van der Waals surface area (Å²) in [5, 5.41) is 4.38. The van der Waals surface area contributed by atoms with Gasteiger partial charge in [0, 0.05) is 24.2 Å². The van der Waals surface area contributed by atoms with E-state index in [1.165, 1.54) is 0 Å². The van der Waals surface area contributed by atoms with E-state index in [1.54, 1.807) is 12.4 Å². The summed E-state index contributed by atoms with van der Waals surface area (Å²) in [5.74, 6) is 5.67. The van der Waals surface area contributed by atoms with Crippen molar-refractivity contribution in [3.05, 3.63) is 78.4 Å². The van der Waals surface area contributed by atoms with Crippen LogP contribution in [0.25, 0.3) is 5.69 Å². The Labute approximate surface area is 117 Å². The molecule has 100 valence electrons. The van der Waals surface area contributed by atoms with Crippen LogP contribution < -0.4 is 11.3 Å². The lowest BCUT2D eigenvalue weighted by Crippen LogP contribution is -2.28. The lowest BCUT2D eigenvalue weighted by molar-refractivity contribution is 0.634. The van der Waals surface area contributed by atoms with Crippen molar-refractivity contribution in [2.75, 3.05) is 0 Å². The lowest BCUT2D eigenvalue weighted by Gasteiger charge is -2.13. The molecule has 20 heavy (non-hydrogen) atoms. The molecular formula is C15H15N5. The van der Waals surface area contributed by atoms with Crippen LogP contribution in [0.1, 0.15) is 17.2 Å². The number of pyridine rings is 1. The van der Waals surface area contributed by atoms with Crippen LogP contribution >= 0.6 is 0 Å². The summed E-state index contributed by atoms with van der Waals surface area (Å²) >= 11 is 0. The summed E-state index contributed by atoms with van der Waals surface area (Å²) in [5.41, 5.74) is 5.81. The van der Waals surface area contributed by atoms with Crippen molar-refractivity contribution in [2.45, 2.75) is 6.04 Å². The molecule has 0 spiro atoms. The molecule has 0 aliphatic rings. The number of hydrazine groups is 1. The maximum Gasteiger partial charge on any atom is 0.0755 e. The number of nitrogens with two attached hydrogens (primary N) is 1. The highest BCUT2D eigenvalue weighted by atomic mass is 15.3. The molecule has 3 aromatic rings. The monoisotopic (exact) mass is 265 g/mol. The Bertz CT molecular complexity index is 663. The quantitative estimate of drug-likeness (QED) is 0.557. The summed E-state index contributed by atoms with van der Waals surface area (Å²) in [4.78, 5) is 4.12. The average molecular weight is 265 g/mol. The highest BCUT2D eigenvalue weighted by Crippen LogP contribution is 2.20. The molecule has 1 unspecified atom stereocenters. The molecule has 1 atom stereocenters. The number of rotatable bonds is 4. The fourth-order valence-electron chi connectivity index (χ4n) is 2.14. The molecule has 3 N–H and O–H groups in total. The van der Waals surface area contributed by atoms with E-state index in [0.29, 0.717) is 0 Å². The van der Waals surface area contributed by atoms with Crippen LogP contribution in [0.2, 0.25) is 0 Å². The third-order valence-corrected chi connectivity index (χ3v) is 3.14. The van der Waals surface area contributed by atoms with E-state index in [1.807, 2.05) is 59.5 Å². The highest BCUT2D eigenvalue weighted by Gasteiger charge is 2.14. The number of nitrogens with zero attached hydrogens (tertiary/aromatic N) is 3. The third-order valence-electron chi connectivity index (χ3n) is 3.14. The maximum absolute atomic E-state index is 5.67. The zero-order valence-corrected chi connectivity index (χ0v) is 10.8. The van der Waals surface area contributed by atoms with Gasteiger partial charge in [-0.15, -0.1) is 0 Å². The van der Waals surface area contributed by atoms with Crippen molar-refractivity contribution in [1.82, 2.24) is 20.2 Å². The van der Waals surface area contributed by atoms with E-state index >= 15 is 0 Å². The summed E-state index contributed by atoms with van der Waals surface area (Å²) in [6.07, 6.45) is 7.31. The smallest absolute Gasteiger partial charge is 0.0755 e. The van der Waals surface area contributed by atoms with Gasteiger partial charge in [-0.3, -0.25) is 10.8 Å². The minimum absolute atomic E-state index is 0.124. The number of hydrogen-bond acceptors (Lipinski definition) is 4. The molecule has 0 saturated carbocycles. The second-order valence-corrected chi connectivity index (χ2v) is 4.44. The molecule has 0 fully saturated rings. The molecule has 1 aromatic carbocycles. The summed E-state index contributed by atoms with van der Waals surface area (Å²) in [6.45, 7) is 0. The normalized spacial score (nSPS) is 12.2. The van der Waals surface area contributed by atoms with Crippen LogP contribution in [0.3, 0.4) is 0 Å². The van der Waals surface area contributed by atoms with Crippen LogP contribution in [0.4, 0.5) is 0 Å². The number of nitrogens with one attached hydrogen (secondary N) is 1. The van der Waals surface area contributed by atoms with Crippen molar-refractivity contribution >= 4 is 0 Å². The molecule has 0 amide bonds. The molecule has 5 heteroatoms. The van der Waals surface area contributed by atoms with Crippen molar-refractivity contribution in [2.24, 2.45) is 5.84 Å². The predicted octanol–water partition coefficient (Wildman–Crippen LogP) is 1.82. The molecule has 2 heterocycles. The number of para-hydroxylation sites is 1. The van der Waals surface area contributed by atoms with Crippen molar-refractivity contribution < 1.29 is 0 Å². The summed E-state index contributed by atoms with van der Waals surface area (Å²) < 4.78 is 1.83. The fourth-order valence-corrected chi connectivity index (χ4v) is 2.14. The van der Waals surface area contributed by atoms with Gasteiger partial charge in [0.05, 0.1) is 17.9 Å². The van der Waals surface area contributed by atoms with Gasteiger partial charge in [0.2, 0.25) is 0 Å². The largest absolute Gasteiger partial charge is 0.271 e. The van der Waals surface area contributed by atoms with Gasteiger partial charge in [-0.25, -0.2) is 10.1 Å². The van der Waals surface area contributed by atoms with Crippen molar-refractivity contribution in [1.29, 1.82) is 0 Å². The Balaban J connectivity index is 1.93. The Morgan fingerprint density at radius 3 is 2.55 bits per heavy atom. The molecular weight excluding hydrogens is 250 g/mol. The second-order valence-electron chi connectivity index (χ2n) is 4.44. The molecule has 0 radical (unpaired) electrons. The van der Waals surface area contributed by atoms with Crippen molar-refractivity contribution in [3.63, 3.8) is 0 Å². The van der Waals surface area contributed by atoms with Crippen LogP contribution in [0.15, 0.2) is 67.3 Å². The Kier molecular flexibility index (Phi) is 3.54. The first-order chi connectivity index (χ1) is 9.88. The first-order valence-electron chi connectivity index (χ1n) is 6.34. The summed E-state index contributed by atoms with van der Waals surface area (Å²) in [7, 11) is 0. The van der Waals surface area contributed by atoms with Gasteiger partial charge in [0.15, 0.2) is 0 Å². The zero-order chi connectivity index (χ0) is 13.8.